The summed E-state index contributed by atoms with van der Waals surface area (Å²) in [5.74, 6) is 0.800. The molecule has 0 amide bonds. The quantitative estimate of drug-likeness (QED) is 0.603. The molecule has 0 aromatic carbocycles. The average molecular weight is 153 g/mol. The Morgan fingerprint density at radius 2 is 2.64 bits per heavy atom. The van der Waals surface area contributed by atoms with Crippen LogP contribution in [0.15, 0.2) is 12.4 Å². The molecule has 0 saturated heterocycles. The monoisotopic (exact) mass is 153 g/mol. The van der Waals surface area contributed by atoms with Crippen molar-refractivity contribution in [2.45, 2.75) is 6.42 Å². The molecule has 0 aliphatic heterocycles. The topological polar surface area (TPSA) is 46.9 Å². The fraction of sp³-hybridized carbons (Fsp3) is 0.429. The van der Waals surface area contributed by atoms with E-state index < -0.39 is 0 Å². The van der Waals surface area contributed by atoms with Gasteiger partial charge in [-0.3, -0.25) is 9.36 Å². The van der Waals surface area contributed by atoms with E-state index in [9.17, 15) is 4.79 Å². The third-order valence-corrected chi connectivity index (χ3v) is 1.46. The van der Waals surface area contributed by atoms with Gasteiger partial charge in [-0.15, -0.1) is 0 Å². The molecule has 0 spiro atoms. The predicted molar refractivity (Wildman–Crippen MR) is 42.0 cm³/mol. The van der Waals surface area contributed by atoms with Crippen LogP contribution in [0.4, 0.5) is 0 Å². The maximum absolute atomic E-state index is 10.4. The van der Waals surface area contributed by atoms with Crippen molar-refractivity contribution in [1.29, 1.82) is 0 Å². The molecule has 1 N–H and O–H groups in total. The number of hydrogen-bond donors (Lipinski definition) is 1. The molecule has 11 heavy (non-hydrogen) atoms. The highest BCUT2D eigenvalue weighted by atomic mass is 16.1. The molecule has 0 aliphatic carbocycles. The number of imidazole rings is 1. The second-order valence-electron chi connectivity index (χ2n) is 2.21. The molecule has 60 valence electrons. The summed E-state index contributed by atoms with van der Waals surface area (Å²) in [7, 11) is 1.87. The fourth-order valence-electron chi connectivity index (χ4n) is 0.870. The van der Waals surface area contributed by atoms with E-state index >= 15 is 0 Å². The van der Waals surface area contributed by atoms with E-state index in [-0.39, 0.29) is 0 Å². The van der Waals surface area contributed by atoms with Gasteiger partial charge in [0.1, 0.15) is 5.82 Å². The summed E-state index contributed by atoms with van der Waals surface area (Å²) in [6.07, 6.45) is 4.82. The van der Waals surface area contributed by atoms with Gasteiger partial charge in [0.2, 0.25) is 6.41 Å². The number of carbonyl (C=O) groups is 1. The molecule has 1 aromatic heterocycles. The molecular formula is C7H11N3O. The third kappa shape index (κ3) is 1.88. The Balaban J connectivity index is 2.61. The zero-order valence-electron chi connectivity index (χ0n) is 6.45. The van der Waals surface area contributed by atoms with Crippen molar-refractivity contribution in [3.05, 3.63) is 18.2 Å². The van der Waals surface area contributed by atoms with Crippen LogP contribution in [-0.4, -0.2) is 29.6 Å². The standard InChI is InChI=1S/C7H11N3O/c1-8-3-2-7-9-4-5-10(7)6-11/h4-6,8H,2-3H2,1H3. The fourth-order valence-corrected chi connectivity index (χ4v) is 0.870. The van der Waals surface area contributed by atoms with Gasteiger partial charge < -0.3 is 5.32 Å². The van der Waals surface area contributed by atoms with Gasteiger partial charge in [-0.1, -0.05) is 0 Å². The van der Waals surface area contributed by atoms with Crippen molar-refractivity contribution in [1.82, 2.24) is 14.9 Å². The minimum Gasteiger partial charge on any atom is -0.319 e. The molecule has 4 nitrogen and oxygen atoms in total. The number of carbonyl (C=O) groups excluding carboxylic acids is 1. The van der Waals surface area contributed by atoms with Crippen LogP contribution in [0.2, 0.25) is 0 Å². The maximum Gasteiger partial charge on any atom is 0.219 e. The molecule has 1 rings (SSSR count). The maximum atomic E-state index is 10.4. The van der Waals surface area contributed by atoms with Gasteiger partial charge in [0.15, 0.2) is 0 Å². The Morgan fingerprint density at radius 3 is 3.27 bits per heavy atom. The zero-order chi connectivity index (χ0) is 8.10. The van der Waals surface area contributed by atoms with Gasteiger partial charge in [0.05, 0.1) is 0 Å². The molecular weight excluding hydrogens is 142 g/mol. The number of nitrogens with zero attached hydrogens (tertiary/aromatic N) is 2. The largest absolute Gasteiger partial charge is 0.319 e. The van der Waals surface area contributed by atoms with E-state index in [0.717, 1.165) is 25.2 Å². The summed E-state index contributed by atoms with van der Waals surface area (Å²) in [6, 6.07) is 0. The molecule has 1 heterocycles. The SMILES string of the molecule is CNCCc1nccn1C=O. The second-order valence-corrected chi connectivity index (χ2v) is 2.21. The van der Waals surface area contributed by atoms with Crippen molar-refractivity contribution >= 4 is 6.41 Å². The lowest BCUT2D eigenvalue weighted by atomic mass is 10.4. The van der Waals surface area contributed by atoms with Crippen LogP contribution in [0.1, 0.15) is 5.82 Å². The second kappa shape index (κ2) is 3.88. The molecule has 0 radical (unpaired) electrons. The van der Waals surface area contributed by atoms with Crippen LogP contribution in [0.3, 0.4) is 0 Å². The third-order valence-electron chi connectivity index (χ3n) is 1.46. The minimum absolute atomic E-state index is 0.762. The number of likely N-dealkylation sites (N-methyl/N-ethyl adjacent to an activating group) is 1. The summed E-state index contributed by atoms with van der Waals surface area (Å²) in [4.78, 5) is 14.4. The van der Waals surface area contributed by atoms with E-state index in [1.165, 1.54) is 4.57 Å². The molecule has 0 fully saturated rings. The summed E-state index contributed by atoms with van der Waals surface area (Å²) in [5.41, 5.74) is 0. The van der Waals surface area contributed by atoms with Gasteiger partial charge in [0.25, 0.3) is 0 Å². The van der Waals surface area contributed by atoms with E-state index in [1.54, 1.807) is 12.4 Å². The highest BCUT2D eigenvalue weighted by Gasteiger charge is 1.98. The summed E-state index contributed by atoms with van der Waals surface area (Å²) >= 11 is 0. The molecule has 4 heteroatoms. The lowest BCUT2D eigenvalue weighted by Gasteiger charge is -1.98. The minimum atomic E-state index is 0.762. The molecule has 0 aliphatic rings. The Kier molecular flexibility index (Phi) is 2.80. The van der Waals surface area contributed by atoms with Gasteiger partial charge in [-0.25, -0.2) is 4.98 Å². The van der Waals surface area contributed by atoms with E-state index in [0.29, 0.717) is 0 Å². The summed E-state index contributed by atoms with van der Waals surface area (Å²) in [5, 5.41) is 2.99. The van der Waals surface area contributed by atoms with E-state index in [2.05, 4.69) is 10.3 Å². The van der Waals surface area contributed by atoms with Crippen molar-refractivity contribution in [2.24, 2.45) is 0 Å². The van der Waals surface area contributed by atoms with Crippen molar-refractivity contribution in [2.75, 3.05) is 13.6 Å². The predicted octanol–water partition coefficient (Wildman–Crippen LogP) is -0.317. The van der Waals surface area contributed by atoms with E-state index in [4.69, 9.17) is 0 Å². The Bertz CT molecular complexity index is 231. The molecule has 0 bridgehead atoms. The van der Waals surface area contributed by atoms with Crippen molar-refractivity contribution in [3.63, 3.8) is 0 Å². The van der Waals surface area contributed by atoms with Gasteiger partial charge >= 0.3 is 0 Å². The van der Waals surface area contributed by atoms with Crippen molar-refractivity contribution in [3.8, 4) is 0 Å². The summed E-state index contributed by atoms with van der Waals surface area (Å²) < 4.78 is 1.48. The first-order chi connectivity index (χ1) is 5.38. The number of nitrogens with one attached hydrogen (secondary N) is 1. The highest BCUT2D eigenvalue weighted by molar-refractivity contribution is 5.52. The van der Waals surface area contributed by atoms with Gasteiger partial charge in [0, 0.05) is 25.4 Å². The van der Waals surface area contributed by atoms with Crippen LogP contribution in [0.5, 0.6) is 0 Å². The van der Waals surface area contributed by atoms with Gasteiger partial charge in [-0.2, -0.15) is 0 Å². The zero-order valence-corrected chi connectivity index (χ0v) is 6.45. The summed E-state index contributed by atoms with van der Waals surface area (Å²) in [6.45, 7) is 0.838. The van der Waals surface area contributed by atoms with Crippen LogP contribution < -0.4 is 5.32 Å². The lowest BCUT2D eigenvalue weighted by Crippen LogP contribution is -2.13. The first-order valence-corrected chi connectivity index (χ1v) is 3.50. The number of aromatic nitrogens is 2. The smallest absolute Gasteiger partial charge is 0.219 e. The number of rotatable bonds is 4. The van der Waals surface area contributed by atoms with Gasteiger partial charge in [-0.05, 0) is 7.05 Å². The lowest BCUT2D eigenvalue weighted by molar-refractivity contribution is 0.544. The molecule has 0 atom stereocenters. The van der Waals surface area contributed by atoms with E-state index in [1.807, 2.05) is 7.05 Å². The normalized spacial score (nSPS) is 9.91. The van der Waals surface area contributed by atoms with Crippen LogP contribution in [0, 0.1) is 0 Å². The Hall–Kier alpha value is -1.16. The Labute approximate surface area is 65.2 Å². The van der Waals surface area contributed by atoms with Crippen LogP contribution >= 0.6 is 0 Å². The Morgan fingerprint density at radius 1 is 1.82 bits per heavy atom. The average Bonchev–Trinajstić information content (AvgIpc) is 2.47. The first-order valence-electron chi connectivity index (χ1n) is 3.50. The molecule has 0 saturated carbocycles. The van der Waals surface area contributed by atoms with Crippen LogP contribution in [-0.2, 0) is 11.2 Å². The highest BCUT2D eigenvalue weighted by Crippen LogP contribution is 1.93. The van der Waals surface area contributed by atoms with Crippen molar-refractivity contribution < 1.29 is 4.79 Å². The number of hydrogen-bond acceptors (Lipinski definition) is 3. The van der Waals surface area contributed by atoms with Crippen LogP contribution in [0.25, 0.3) is 0 Å². The first kappa shape index (κ1) is 7.94. The molecule has 0 unspecified atom stereocenters. The molecule has 1 aromatic rings.